The van der Waals surface area contributed by atoms with Crippen LogP contribution in [0.3, 0.4) is 0 Å². The molecule has 0 aliphatic heterocycles. The molecule has 1 fully saturated rings. The molecule has 0 unspecified atom stereocenters. The largest absolute Gasteiger partial charge is 0.359 e. The summed E-state index contributed by atoms with van der Waals surface area (Å²) in [5.41, 5.74) is 0.0206. The topological polar surface area (TPSA) is 77.2 Å². The molecule has 110 valence electrons. The average molecular weight is 326 g/mol. The number of hydrogen-bond acceptors (Lipinski definition) is 5. The first-order chi connectivity index (χ1) is 9.89. The molecule has 7 heteroatoms. The minimum atomic E-state index is -3.52. The zero-order valence-corrected chi connectivity index (χ0v) is 12.7. The number of nitrogens with zero attached hydrogens (tertiary/aromatic N) is 1. The number of ketones is 1. The van der Waals surface area contributed by atoms with Gasteiger partial charge in [-0.15, -0.1) is 0 Å². The van der Waals surface area contributed by atoms with E-state index in [1.165, 1.54) is 12.1 Å². The van der Waals surface area contributed by atoms with E-state index in [9.17, 15) is 13.2 Å². The molecular formula is C14H12ClNO4S. The molecular weight excluding hydrogens is 314 g/mol. The molecule has 1 aliphatic carbocycles. The van der Waals surface area contributed by atoms with Gasteiger partial charge in [-0.1, -0.05) is 28.9 Å². The maximum Gasteiger partial charge on any atom is 0.217 e. The number of benzene rings is 1. The number of aromatic nitrogens is 1. The summed E-state index contributed by atoms with van der Waals surface area (Å²) in [6.07, 6.45) is 2.98. The molecule has 0 saturated heterocycles. The van der Waals surface area contributed by atoms with Crippen LogP contribution < -0.4 is 0 Å². The van der Waals surface area contributed by atoms with Crippen LogP contribution in [0.15, 0.2) is 33.7 Å². The van der Waals surface area contributed by atoms with Crippen LogP contribution in [0.5, 0.6) is 0 Å². The van der Waals surface area contributed by atoms with E-state index in [-0.39, 0.29) is 27.1 Å². The molecule has 0 amide bonds. The predicted octanol–water partition coefficient (Wildman–Crippen LogP) is 2.84. The molecule has 3 rings (SSSR count). The summed E-state index contributed by atoms with van der Waals surface area (Å²) >= 11 is 6.14. The highest BCUT2D eigenvalue weighted by molar-refractivity contribution is 7.90. The lowest BCUT2D eigenvalue weighted by molar-refractivity contribution is 0.102. The summed E-state index contributed by atoms with van der Waals surface area (Å²) in [6, 6.07) is 5.99. The molecule has 1 aliphatic rings. The zero-order valence-electron chi connectivity index (χ0n) is 11.2. The maximum absolute atomic E-state index is 12.5. The van der Waals surface area contributed by atoms with Gasteiger partial charge < -0.3 is 4.52 Å². The van der Waals surface area contributed by atoms with Crippen LogP contribution in [-0.2, 0) is 9.84 Å². The number of rotatable bonds is 4. The van der Waals surface area contributed by atoms with Crippen molar-refractivity contribution >= 4 is 27.2 Å². The normalized spacial score (nSPS) is 15.1. The Morgan fingerprint density at radius 3 is 2.62 bits per heavy atom. The second kappa shape index (κ2) is 4.96. The van der Waals surface area contributed by atoms with E-state index in [1.807, 2.05) is 0 Å². The van der Waals surface area contributed by atoms with E-state index in [1.54, 1.807) is 12.1 Å². The van der Waals surface area contributed by atoms with Gasteiger partial charge in [-0.05, 0) is 25.0 Å². The van der Waals surface area contributed by atoms with Crippen LogP contribution in [0.1, 0.15) is 40.6 Å². The molecule has 2 aromatic rings. The van der Waals surface area contributed by atoms with Gasteiger partial charge in [0, 0.05) is 17.7 Å². The third kappa shape index (κ3) is 2.61. The van der Waals surface area contributed by atoms with Crippen molar-refractivity contribution in [1.82, 2.24) is 5.16 Å². The molecule has 0 atom stereocenters. The van der Waals surface area contributed by atoms with Gasteiger partial charge in [0.15, 0.2) is 21.3 Å². The summed E-state index contributed by atoms with van der Waals surface area (Å²) in [5.74, 6) is 0.185. The fraction of sp³-hybridized carbons (Fsp3) is 0.286. The average Bonchev–Trinajstić information content (AvgIpc) is 3.20. The van der Waals surface area contributed by atoms with Crippen molar-refractivity contribution in [3.05, 3.63) is 46.3 Å². The quantitative estimate of drug-likeness (QED) is 0.808. The Labute approximate surface area is 126 Å². The van der Waals surface area contributed by atoms with Gasteiger partial charge in [0.25, 0.3) is 0 Å². The Morgan fingerprint density at radius 2 is 2.00 bits per heavy atom. The van der Waals surface area contributed by atoms with Gasteiger partial charge in [-0.3, -0.25) is 4.79 Å². The Bertz CT molecular complexity index is 821. The monoisotopic (exact) mass is 325 g/mol. The summed E-state index contributed by atoms with van der Waals surface area (Å²) in [4.78, 5) is 12.5. The van der Waals surface area contributed by atoms with E-state index in [2.05, 4.69) is 5.16 Å². The Balaban J connectivity index is 2.07. The molecule has 21 heavy (non-hydrogen) atoms. The smallest absolute Gasteiger partial charge is 0.217 e. The lowest BCUT2D eigenvalue weighted by Crippen LogP contribution is -2.10. The van der Waals surface area contributed by atoms with Crippen molar-refractivity contribution in [3.63, 3.8) is 0 Å². The standard InChI is InChI=1S/C14H12ClNO4S/c1-21(18,19)10-5-3-2-4-9(10)13(17)12-11(15)14(20-16-12)8-6-7-8/h2-5,8H,6-7H2,1H3. The third-order valence-corrected chi connectivity index (χ3v) is 4.87. The van der Waals surface area contributed by atoms with Crippen LogP contribution in [0.4, 0.5) is 0 Å². The fourth-order valence-corrected chi connectivity index (χ4v) is 3.33. The highest BCUT2D eigenvalue weighted by Crippen LogP contribution is 2.44. The summed E-state index contributed by atoms with van der Waals surface area (Å²) in [6.45, 7) is 0. The lowest BCUT2D eigenvalue weighted by atomic mass is 10.1. The highest BCUT2D eigenvalue weighted by Gasteiger charge is 2.34. The van der Waals surface area contributed by atoms with Crippen molar-refractivity contribution in [2.24, 2.45) is 0 Å². The molecule has 0 N–H and O–H groups in total. The van der Waals surface area contributed by atoms with Crippen LogP contribution in [-0.4, -0.2) is 25.6 Å². The second-order valence-electron chi connectivity index (χ2n) is 5.08. The van der Waals surface area contributed by atoms with E-state index >= 15 is 0 Å². The van der Waals surface area contributed by atoms with Crippen molar-refractivity contribution < 1.29 is 17.7 Å². The molecule has 0 radical (unpaired) electrons. The van der Waals surface area contributed by atoms with Gasteiger partial charge in [0.2, 0.25) is 5.78 Å². The molecule has 1 heterocycles. The van der Waals surface area contributed by atoms with Crippen LogP contribution in [0.2, 0.25) is 5.02 Å². The molecule has 1 saturated carbocycles. The minimum Gasteiger partial charge on any atom is -0.359 e. The van der Waals surface area contributed by atoms with E-state index in [0.717, 1.165) is 19.1 Å². The Morgan fingerprint density at radius 1 is 1.33 bits per heavy atom. The summed E-state index contributed by atoms with van der Waals surface area (Å²) in [7, 11) is -3.52. The fourth-order valence-electron chi connectivity index (χ4n) is 2.14. The van der Waals surface area contributed by atoms with Crippen molar-refractivity contribution in [2.75, 3.05) is 6.26 Å². The van der Waals surface area contributed by atoms with E-state index in [4.69, 9.17) is 16.1 Å². The SMILES string of the molecule is CS(=O)(=O)c1ccccc1C(=O)c1noc(C2CC2)c1Cl. The minimum absolute atomic E-state index is 0.0327. The third-order valence-electron chi connectivity index (χ3n) is 3.35. The number of hydrogen-bond donors (Lipinski definition) is 0. The van der Waals surface area contributed by atoms with Gasteiger partial charge in [0.1, 0.15) is 5.02 Å². The Kier molecular flexibility index (Phi) is 3.37. The molecule has 0 bridgehead atoms. The lowest BCUT2D eigenvalue weighted by Gasteiger charge is -2.05. The van der Waals surface area contributed by atoms with E-state index in [0.29, 0.717) is 5.76 Å². The van der Waals surface area contributed by atoms with Crippen molar-refractivity contribution in [1.29, 1.82) is 0 Å². The van der Waals surface area contributed by atoms with Crippen LogP contribution >= 0.6 is 11.6 Å². The highest BCUT2D eigenvalue weighted by atomic mass is 35.5. The molecule has 5 nitrogen and oxygen atoms in total. The van der Waals surface area contributed by atoms with E-state index < -0.39 is 15.6 Å². The van der Waals surface area contributed by atoms with Crippen molar-refractivity contribution in [3.8, 4) is 0 Å². The molecule has 0 spiro atoms. The summed E-state index contributed by atoms with van der Waals surface area (Å²) < 4.78 is 28.7. The summed E-state index contributed by atoms with van der Waals surface area (Å²) in [5, 5.41) is 3.91. The van der Waals surface area contributed by atoms with Gasteiger partial charge in [-0.2, -0.15) is 0 Å². The molecule has 1 aromatic carbocycles. The number of sulfone groups is 1. The first kappa shape index (κ1) is 14.3. The first-order valence-corrected chi connectivity index (χ1v) is 8.65. The van der Waals surface area contributed by atoms with Gasteiger partial charge >= 0.3 is 0 Å². The number of carbonyl (C=O) groups is 1. The second-order valence-corrected chi connectivity index (χ2v) is 7.44. The van der Waals surface area contributed by atoms with Crippen molar-refractivity contribution in [2.45, 2.75) is 23.7 Å². The first-order valence-electron chi connectivity index (χ1n) is 6.38. The van der Waals surface area contributed by atoms with Gasteiger partial charge in [-0.25, -0.2) is 8.42 Å². The van der Waals surface area contributed by atoms with Gasteiger partial charge in [0.05, 0.1) is 4.90 Å². The number of halogens is 1. The zero-order chi connectivity index (χ0) is 15.2. The number of carbonyl (C=O) groups excluding carboxylic acids is 1. The van der Waals surface area contributed by atoms with Crippen LogP contribution in [0, 0.1) is 0 Å². The molecule has 1 aromatic heterocycles. The van der Waals surface area contributed by atoms with Crippen LogP contribution in [0.25, 0.3) is 0 Å². The Hall–Kier alpha value is -1.66. The maximum atomic E-state index is 12.5. The predicted molar refractivity (Wildman–Crippen MR) is 76.5 cm³/mol.